The molecule has 0 bridgehead atoms. The molecule has 4 heteroatoms. The van der Waals surface area contributed by atoms with Crippen molar-refractivity contribution < 1.29 is 15.0 Å². The number of carboxylic acid groups (broad SMARTS) is 1. The fourth-order valence-corrected chi connectivity index (χ4v) is 2.69. The number of aliphatic carboxylic acids is 1. The molecule has 0 amide bonds. The lowest BCUT2D eigenvalue weighted by Gasteiger charge is -2.25. The number of benzene rings is 1. The topological polar surface area (TPSA) is 60.8 Å². The van der Waals surface area contributed by atoms with E-state index < -0.39 is 5.97 Å². The lowest BCUT2D eigenvalue weighted by Crippen LogP contribution is -2.22. The van der Waals surface area contributed by atoms with Crippen LogP contribution in [-0.4, -0.2) is 34.7 Å². The molecule has 1 aromatic rings. The van der Waals surface area contributed by atoms with E-state index in [9.17, 15) is 9.90 Å². The number of hydrogen-bond donors (Lipinski definition) is 2. The Hall–Kier alpha value is -1.55. The summed E-state index contributed by atoms with van der Waals surface area (Å²) in [4.78, 5) is 13.0. The van der Waals surface area contributed by atoms with E-state index in [4.69, 9.17) is 5.11 Å². The average Bonchev–Trinajstić information content (AvgIpc) is 2.60. The number of likely N-dealkylation sites (tertiary alicyclic amines) is 1. The summed E-state index contributed by atoms with van der Waals surface area (Å²) in [5, 5.41) is 18.8. The second-order valence-corrected chi connectivity index (χ2v) is 4.63. The molecule has 17 heavy (non-hydrogen) atoms. The van der Waals surface area contributed by atoms with Gasteiger partial charge in [-0.05, 0) is 32.0 Å². The zero-order chi connectivity index (χ0) is 12.4. The van der Waals surface area contributed by atoms with Gasteiger partial charge in [-0.25, -0.2) is 0 Å². The summed E-state index contributed by atoms with van der Waals surface area (Å²) < 4.78 is 0. The third-order valence-corrected chi connectivity index (χ3v) is 3.47. The van der Waals surface area contributed by atoms with E-state index in [1.54, 1.807) is 12.1 Å². The maximum atomic E-state index is 10.8. The summed E-state index contributed by atoms with van der Waals surface area (Å²) >= 11 is 0. The standard InChI is InChI=1S/C13H17NO3/c1-14-7-6-9(8-12(16)17)13(14)10-4-2-3-5-11(10)15/h2-5,9,13,15H,6-8H2,1H3,(H,16,17)/t9-,13+/m1/s1. The zero-order valence-electron chi connectivity index (χ0n) is 9.84. The molecule has 1 saturated heterocycles. The number of para-hydroxylation sites is 1. The third-order valence-electron chi connectivity index (χ3n) is 3.47. The van der Waals surface area contributed by atoms with E-state index in [1.807, 2.05) is 19.2 Å². The number of carbonyl (C=O) groups is 1. The largest absolute Gasteiger partial charge is 0.508 e. The molecule has 0 unspecified atom stereocenters. The predicted molar refractivity (Wildman–Crippen MR) is 63.8 cm³/mol. The van der Waals surface area contributed by atoms with Crippen molar-refractivity contribution in [2.24, 2.45) is 5.92 Å². The van der Waals surface area contributed by atoms with Crippen molar-refractivity contribution in [1.82, 2.24) is 4.90 Å². The van der Waals surface area contributed by atoms with Gasteiger partial charge in [-0.3, -0.25) is 9.69 Å². The highest BCUT2D eigenvalue weighted by Gasteiger charge is 2.35. The Labute approximate surface area is 100 Å². The number of aromatic hydroxyl groups is 1. The van der Waals surface area contributed by atoms with Crippen molar-refractivity contribution in [2.45, 2.75) is 18.9 Å². The Bertz CT molecular complexity index is 419. The maximum Gasteiger partial charge on any atom is 0.303 e. The summed E-state index contributed by atoms with van der Waals surface area (Å²) in [7, 11) is 1.97. The Morgan fingerprint density at radius 1 is 1.47 bits per heavy atom. The van der Waals surface area contributed by atoms with Crippen molar-refractivity contribution in [2.75, 3.05) is 13.6 Å². The van der Waals surface area contributed by atoms with Crippen molar-refractivity contribution in [1.29, 1.82) is 0 Å². The molecule has 1 aromatic carbocycles. The molecule has 0 aliphatic carbocycles. The number of phenolic OH excluding ortho intramolecular Hbond substituents is 1. The van der Waals surface area contributed by atoms with Crippen LogP contribution in [0.2, 0.25) is 0 Å². The van der Waals surface area contributed by atoms with Crippen molar-refractivity contribution >= 4 is 5.97 Å². The van der Waals surface area contributed by atoms with Crippen LogP contribution in [-0.2, 0) is 4.79 Å². The van der Waals surface area contributed by atoms with Crippen LogP contribution in [0, 0.1) is 5.92 Å². The molecule has 2 rings (SSSR count). The van der Waals surface area contributed by atoms with Gasteiger partial charge < -0.3 is 10.2 Å². The molecule has 0 spiro atoms. The summed E-state index contributed by atoms with van der Waals surface area (Å²) in [5.74, 6) is -0.446. The van der Waals surface area contributed by atoms with Crippen LogP contribution in [0.4, 0.5) is 0 Å². The SMILES string of the molecule is CN1CC[C@H](CC(=O)O)[C@H]1c1ccccc1O. The van der Waals surface area contributed by atoms with Gasteiger partial charge >= 0.3 is 5.97 Å². The smallest absolute Gasteiger partial charge is 0.303 e. The van der Waals surface area contributed by atoms with E-state index in [0.29, 0.717) is 0 Å². The van der Waals surface area contributed by atoms with Gasteiger partial charge in [0.1, 0.15) is 5.75 Å². The third kappa shape index (κ3) is 2.42. The lowest BCUT2D eigenvalue weighted by atomic mass is 9.90. The van der Waals surface area contributed by atoms with E-state index in [0.717, 1.165) is 18.5 Å². The minimum Gasteiger partial charge on any atom is -0.508 e. The van der Waals surface area contributed by atoms with E-state index >= 15 is 0 Å². The van der Waals surface area contributed by atoms with Crippen LogP contribution < -0.4 is 0 Å². The molecular formula is C13H17NO3. The van der Waals surface area contributed by atoms with Crippen LogP contribution in [0.25, 0.3) is 0 Å². The highest BCUT2D eigenvalue weighted by atomic mass is 16.4. The van der Waals surface area contributed by atoms with Crippen LogP contribution in [0.3, 0.4) is 0 Å². The number of nitrogens with zero attached hydrogens (tertiary/aromatic N) is 1. The van der Waals surface area contributed by atoms with Gasteiger partial charge in [-0.2, -0.15) is 0 Å². The Morgan fingerprint density at radius 2 is 2.18 bits per heavy atom. The quantitative estimate of drug-likeness (QED) is 0.839. The van der Waals surface area contributed by atoms with Gasteiger partial charge in [-0.1, -0.05) is 18.2 Å². The highest BCUT2D eigenvalue weighted by molar-refractivity contribution is 5.67. The summed E-state index contributed by atoms with van der Waals surface area (Å²) in [6.07, 6.45) is 1.02. The first-order chi connectivity index (χ1) is 8.09. The summed E-state index contributed by atoms with van der Waals surface area (Å²) in [6.45, 7) is 0.872. The molecule has 2 N–H and O–H groups in total. The van der Waals surface area contributed by atoms with E-state index in [1.165, 1.54) is 0 Å². The van der Waals surface area contributed by atoms with Gasteiger partial charge in [0.15, 0.2) is 0 Å². The number of carboxylic acids is 1. The zero-order valence-corrected chi connectivity index (χ0v) is 9.84. The van der Waals surface area contributed by atoms with Gasteiger partial charge in [0.25, 0.3) is 0 Å². The number of hydrogen-bond acceptors (Lipinski definition) is 3. The summed E-state index contributed by atoms with van der Waals surface area (Å²) in [5.41, 5.74) is 0.832. The Balaban J connectivity index is 2.27. The van der Waals surface area contributed by atoms with E-state index in [-0.39, 0.29) is 24.1 Å². The number of phenols is 1. The van der Waals surface area contributed by atoms with Gasteiger partial charge in [-0.15, -0.1) is 0 Å². The first-order valence-corrected chi connectivity index (χ1v) is 5.79. The molecule has 1 fully saturated rings. The maximum absolute atomic E-state index is 10.8. The molecule has 0 radical (unpaired) electrons. The molecule has 92 valence electrons. The lowest BCUT2D eigenvalue weighted by molar-refractivity contribution is -0.138. The van der Waals surface area contributed by atoms with Crippen LogP contribution in [0.15, 0.2) is 24.3 Å². The monoisotopic (exact) mass is 235 g/mol. The molecule has 4 nitrogen and oxygen atoms in total. The number of rotatable bonds is 3. The predicted octanol–water partition coefficient (Wildman–Crippen LogP) is 1.86. The van der Waals surface area contributed by atoms with Crippen LogP contribution in [0.1, 0.15) is 24.4 Å². The Kier molecular flexibility index (Phi) is 3.33. The van der Waals surface area contributed by atoms with Gasteiger partial charge in [0.2, 0.25) is 0 Å². The second-order valence-electron chi connectivity index (χ2n) is 4.63. The fraction of sp³-hybridized carbons (Fsp3) is 0.462. The summed E-state index contributed by atoms with van der Waals surface area (Å²) in [6, 6.07) is 7.18. The van der Waals surface area contributed by atoms with Gasteiger partial charge in [0.05, 0.1) is 6.42 Å². The highest BCUT2D eigenvalue weighted by Crippen LogP contribution is 2.41. The first-order valence-electron chi connectivity index (χ1n) is 5.79. The van der Waals surface area contributed by atoms with Crippen LogP contribution >= 0.6 is 0 Å². The second kappa shape index (κ2) is 4.75. The molecule has 2 atom stereocenters. The van der Waals surface area contributed by atoms with Crippen LogP contribution in [0.5, 0.6) is 5.75 Å². The minimum atomic E-state index is -0.772. The molecule has 1 heterocycles. The molecular weight excluding hydrogens is 218 g/mol. The van der Waals surface area contributed by atoms with Crippen molar-refractivity contribution in [3.05, 3.63) is 29.8 Å². The fourth-order valence-electron chi connectivity index (χ4n) is 2.69. The molecule has 1 aliphatic rings. The Morgan fingerprint density at radius 3 is 2.82 bits per heavy atom. The molecule has 1 aliphatic heterocycles. The van der Waals surface area contributed by atoms with E-state index in [2.05, 4.69) is 4.90 Å². The molecule has 0 saturated carbocycles. The normalized spacial score (nSPS) is 25.0. The average molecular weight is 235 g/mol. The first kappa shape index (κ1) is 11.9. The molecule has 0 aromatic heterocycles. The minimum absolute atomic E-state index is 0.00676. The van der Waals surface area contributed by atoms with Gasteiger partial charge in [0, 0.05) is 11.6 Å². The van der Waals surface area contributed by atoms with Crippen molar-refractivity contribution in [3.8, 4) is 5.75 Å². The van der Waals surface area contributed by atoms with Crippen molar-refractivity contribution in [3.63, 3.8) is 0 Å².